The first kappa shape index (κ1) is 28.1. The van der Waals surface area contributed by atoms with Crippen molar-refractivity contribution in [3.63, 3.8) is 0 Å². The van der Waals surface area contributed by atoms with Gasteiger partial charge in [-0.15, -0.1) is 0 Å². The Hall–Kier alpha value is -6.12. The molecule has 0 radical (unpaired) electrons. The van der Waals surface area contributed by atoms with Crippen molar-refractivity contribution < 1.29 is 4.42 Å². The van der Waals surface area contributed by atoms with Gasteiger partial charge in [0.1, 0.15) is 5.58 Å². The third-order valence-corrected chi connectivity index (χ3v) is 9.53. The van der Waals surface area contributed by atoms with E-state index in [9.17, 15) is 0 Å². The highest BCUT2D eigenvalue weighted by molar-refractivity contribution is 6.17. The molecular weight excluding hydrogens is 583 g/mol. The third-order valence-electron chi connectivity index (χ3n) is 9.53. The van der Waals surface area contributed by atoms with Gasteiger partial charge in [-0.25, -0.2) is 0 Å². The fourth-order valence-electron chi connectivity index (χ4n) is 7.12. The van der Waals surface area contributed by atoms with Crippen molar-refractivity contribution in [2.45, 2.75) is 12.8 Å². The maximum absolute atomic E-state index is 6.95. The molecule has 2 nitrogen and oxygen atoms in total. The van der Waals surface area contributed by atoms with E-state index in [1.54, 1.807) is 0 Å². The second-order valence-electron chi connectivity index (χ2n) is 12.5. The number of anilines is 3. The topological polar surface area (TPSA) is 16.4 Å². The molecule has 2 heteroatoms. The summed E-state index contributed by atoms with van der Waals surface area (Å²) in [5, 5.41) is 4.71. The van der Waals surface area contributed by atoms with Gasteiger partial charge >= 0.3 is 0 Å². The number of hydrogen-bond acceptors (Lipinski definition) is 2. The van der Waals surface area contributed by atoms with Crippen LogP contribution in [0.4, 0.5) is 17.1 Å². The predicted molar refractivity (Wildman–Crippen MR) is 203 cm³/mol. The molecule has 0 N–H and O–H groups in total. The Morgan fingerprint density at radius 2 is 1.08 bits per heavy atom. The van der Waals surface area contributed by atoms with Crippen LogP contribution in [0.5, 0.6) is 0 Å². The molecule has 1 heterocycles. The van der Waals surface area contributed by atoms with Crippen LogP contribution in [0.3, 0.4) is 0 Å². The summed E-state index contributed by atoms with van der Waals surface area (Å²) in [4.78, 5) is 2.34. The van der Waals surface area contributed by atoms with Crippen LogP contribution in [0.15, 0.2) is 180 Å². The lowest BCUT2D eigenvalue weighted by molar-refractivity contribution is 0.669. The van der Waals surface area contributed by atoms with Gasteiger partial charge in [-0.3, -0.25) is 0 Å². The van der Waals surface area contributed by atoms with E-state index in [-0.39, 0.29) is 0 Å². The zero-order valence-electron chi connectivity index (χ0n) is 26.5. The minimum Gasteiger partial charge on any atom is -0.454 e. The third kappa shape index (κ3) is 4.99. The van der Waals surface area contributed by atoms with E-state index in [0.29, 0.717) is 0 Å². The first-order chi connectivity index (χ1) is 23.8. The van der Waals surface area contributed by atoms with E-state index >= 15 is 0 Å². The fourth-order valence-corrected chi connectivity index (χ4v) is 7.12. The average Bonchev–Trinajstić information content (AvgIpc) is 3.54. The number of benzene rings is 7. The molecule has 1 aliphatic rings. The first-order valence-electron chi connectivity index (χ1n) is 16.7. The molecule has 0 bridgehead atoms. The van der Waals surface area contributed by atoms with Gasteiger partial charge in [0.2, 0.25) is 0 Å². The molecule has 0 amide bonds. The van der Waals surface area contributed by atoms with E-state index in [1.165, 1.54) is 49.5 Å². The lowest BCUT2D eigenvalue weighted by Gasteiger charge is -2.26. The molecule has 0 unspecified atom stereocenters. The maximum Gasteiger partial charge on any atom is 0.160 e. The molecule has 1 aromatic heterocycles. The van der Waals surface area contributed by atoms with E-state index in [2.05, 4.69) is 181 Å². The summed E-state index contributed by atoms with van der Waals surface area (Å²) in [5.74, 6) is 0. The Labute approximate surface area is 280 Å². The SMILES string of the molecule is C1=CCCC(c2ccc(N(c3ccc(-c4ccccc4)cc3)c3ccc(-c4ccccc4)cc3)c3oc4cc5ccccc5cc4c23)=C1. The van der Waals surface area contributed by atoms with Gasteiger partial charge in [0, 0.05) is 22.1 Å². The van der Waals surface area contributed by atoms with Crippen LogP contribution >= 0.6 is 0 Å². The molecule has 8 aromatic rings. The number of hydrogen-bond donors (Lipinski definition) is 0. The zero-order valence-corrected chi connectivity index (χ0v) is 26.5. The van der Waals surface area contributed by atoms with Gasteiger partial charge in [-0.2, -0.15) is 0 Å². The number of nitrogens with zero attached hydrogens (tertiary/aromatic N) is 1. The molecule has 228 valence electrons. The van der Waals surface area contributed by atoms with Crippen LogP contribution in [-0.2, 0) is 0 Å². The van der Waals surface area contributed by atoms with Crippen molar-refractivity contribution in [1.29, 1.82) is 0 Å². The molecular formula is C46H33NO. The molecule has 0 aliphatic heterocycles. The van der Waals surface area contributed by atoms with Gasteiger partial charge in [-0.1, -0.05) is 133 Å². The van der Waals surface area contributed by atoms with Gasteiger partial charge in [0.15, 0.2) is 5.58 Å². The van der Waals surface area contributed by atoms with Crippen LogP contribution in [-0.4, -0.2) is 0 Å². The van der Waals surface area contributed by atoms with Crippen molar-refractivity contribution in [1.82, 2.24) is 0 Å². The second kappa shape index (κ2) is 11.9. The zero-order chi connectivity index (χ0) is 31.9. The van der Waals surface area contributed by atoms with Gasteiger partial charge < -0.3 is 9.32 Å². The summed E-state index contributed by atoms with van der Waals surface area (Å²) < 4.78 is 6.95. The number of rotatable bonds is 6. The molecule has 1 aliphatic carbocycles. The largest absolute Gasteiger partial charge is 0.454 e. The minimum absolute atomic E-state index is 0.896. The van der Waals surface area contributed by atoms with Crippen molar-refractivity contribution >= 4 is 55.3 Å². The van der Waals surface area contributed by atoms with E-state index in [4.69, 9.17) is 4.42 Å². The minimum atomic E-state index is 0.896. The van der Waals surface area contributed by atoms with Gasteiger partial charge in [-0.05, 0) is 99.5 Å². The smallest absolute Gasteiger partial charge is 0.160 e. The number of furan rings is 1. The Morgan fingerprint density at radius 1 is 0.521 bits per heavy atom. The van der Waals surface area contributed by atoms with E-state index in [1.807, 2.05) is 0 Å². The highest BCUT2D eigenvalue weighted by Crippen LogP contribution is 2.46. The van der Waals surface area contributed by atoms with Crippen molar-refractivity contribution in [3.05, 3.63) is 182 Å². The van der Waals surface area contributed by atoms with Crippen molar-refractivity contribution in [2.24, 2.45) is 0 Å². The van der Waals surface area contributed by atoms with Crippen LogP contribution in [0.25, 0.3) is 60.5 Å². The van der Waals surface area contributed by atoms with Crippen LogP contribution in [0.2, 0.25) is 0 Å². The lowest BCUT2D eigenvalue weighted by atomic mass is 9.92. The molecule has 9 rings (SSSR count). The van der Waals surface area contributed by atoms with Crippen LogP contribution in [0, 0.1) is 0 Å². The Kier molecular flexibility index (Phi) is 6.98. The summed E-state index contributed by atoms with van der Waals surface area (Å²) in [6, 6.07) is 56.4. The molecule has 0 saturated heterocycles. The molecule has 0 spiro atoms. The maximum atomic E-state index is 6.95. The normalized spacial score (nSPS) is 12.9. The van der Waals surface area contributed by atoms with Gasteiger partial charge in [0.25, 0.3) is 0 Å². The van der Waals surface area contributed by atoms with E-state index in [0.717, 1.165) is 46.5 Å². The standard InChI is InChI=1S/C46H33NO/c1-4-12-32(13-5-1)34-20-24-39(25-21-34)47(40-26-22-35(23-27-40)33-14-6-2-7-15-33)43-29-28-41(36-16-8-3-9-17-36)45-42-30-37-18-10-11-19-38(37)31-44(42)48-46(43)45/h1-8,10-16,18-31H,9,17H2. The Morgan fingerprint density at radius 3 is 1.67 bits per heavy atom. The lowest BCUT2D eigenvalue weighted by Crippen LogP contribution is -2.10. The quantitative estimate of drug-likeness (QED) is 0.185. The monoisotopic (exact) mass is 615 g/mol. The van der Waals surface area contributed by atoms with Crippen molar-refractivity contribution in [3.8, 4) is 22.3 Å². The van der Waals surface area contributed by atoms with Crippen LogP contribution in [0.1, 0.15) is 18.4 Å². The summed E-state index contributed by atoms with van der Waals surface area (Å²) in [7, 11) is 0. The number of fused-ring (bicyclic) bond motifs is 4. The Bertz CT molecular complexity index is 2380. The van der Waals surface area contributed by atoms with Crippen LogP contribution < -0.4 is 4.90 Å². The molecule has 0 fully saturated rings. The van der Waals surface area contributed by atoms with Crippen molar-refractivity contribution in [2.75, 3.05) is 4.90 Å². The number of allylic oxidation sites excluding steroid dienone is 4. The highest BCUT2D eigenvalue weighted by atomic mass is 16.3. The fraction of sp³-hybridized carbons (Fsp3) is 0.0435. The highest BCUT2D eigenvalue weighted by Gasteiger charge is 2.23. The molecule has 0 saturated carbocycles. The Balaban J connectivity index is 1.28. The first-order valence-corrected chi connectivity index (χ1v) is 16.7. The molecule has 48 heavy (non-hydrogen) atoms. The second-order valence-corrected chi connectivity index (χ2v) is 12.5. The van der Waals surface area contributed by atoms with Gasteiger partial charge in [0.05, 0.1) is 5.69 Å². The van der Waals surface area contributed by atoms with E-state index < -0.39 is 0 Å². The summed E-state index contributed by atoms with van der Waals surface area (Å²) in [6.45, 7) is 0. The molecule has 0 atom stereocenters. The average molecular weight is 616 g/mol. The summed E-state index contributed by atoms with van der Waals surface area (Å²) in [6.07, 6.45) is 8.75. The summed E-state index contributed by atoms with van der Waals surface area (Å²) in [5.41, 5.74) is 12.3. The predicted octanol–water partition coefficient (Wildman–Crippen LogP) is 13.3. The molecule has 7 aromatic carbocycles. The summed E-state index contributed by atoms with van der Waals surface area (Å²) >= 11 is 0.